The van der Waals surface area contributed by atoms with Crippen molar-refractivity contribution in [3.05, 3.63) is 66.7 Å². The third-order valence-electron chi connectivity index (χ3n) is 4.04. The van der Waals surface area contributed by atoms with Gasteiger partial charge in [-0.3, -0.25) is 5.32 Å². The number of benzene rings is 1. The van der Waals surface area contributed by atoms with E-state index in [-0.39, 0.29) is 11.9 Å². The highest BCUT2D eigenvalue weighted by atomic mass is 19.1. The topological polar surface area (TPSA) is 89.5 Å². The zero-order valence-electron chi connectivity index (χ0n) is 14.7. The lowest BCUT2D eigenvalue weighted by Gasteiger charge is -2.36. The van der Waals surface area contributed by atoms with Crippen LogP contribution in [0.15, 0.2) is 60.9 Å². The zero-order valence-corrected chi connectivity index (χ0v) is 14.7. The summed E-state index contributed by atoms with van der Waals surface area (Å²) in [5.41, 5.74) is 1.16. The van der Waals surface area contributed by atoms with Crippen LogP contribution in [0.3, 0.4) is 0 Å². The van der Waals surface area contributed by atoms with Crippen molar-refractivity contribution < 1.29 is 18.8 Å². The minimum Gasteiger partial charge on any atom is -0.471 e. The molecule has 0 aliphatic carbocycles. The first-order valence-electron chi connectivity index (χ1n) is 8.56. The van der Waals surface area contributed by atoms with Crippen molar-refractivity contribution in [3.63, 3.8) is 0 Å². The smallest absolute Gasteiger partial charge is 0.432 e. The second kappa shape index (κ2) is 7.97. The molecule has 142 valence electrons. The molecule has 0 unspecified atom stereocenters. The SMILES string of the molecule is O=C(Nc1cccnn1)ON1CC(Oc2ccc(-c3ccccc3F)cn2)C1. The monoisotopic (exact) mass is 381 g/mol. The average Bonchev–Trinajstić information content (AvgIpc) is 2.68. The van der Waals surface area contributed by atoms with Gasteiger partial charge in [-0.05, 0) is 24.3 Å². The van der Waals surface area contributed by atoms with E-state index in [0.29, 0.717) is 35.9 Å². The third kappa shape index (κ3) is 4.21. The molecule has 1 amide bonds. The van der Waals surface area contributed by atoms with E-state index >= 15 is 0 Å². The van der Waals surface area contributed by atoms with Gasteiger partial charge in [-0.25, -0.2) is 14.2 Å². The van der Waals surface area contributed by atoms with E-state index in [1.165, 1.54) is 17.3 Å². The number of hydrogen-bond donors (Lipinski definition) is 1. The minimum absolute atomic E-state index is 0.156. The molecule has 28 heavy (non-hydrogen) atoms. The number of carbonyl (C=O) groups excluding carboxylic acids is 1. The molecule has 1 aliphatic heterocycles. The minimum atomic E-state index is -0.647. The Kier molecular flexibility index (Phi) is 5.07. The number of ether oxygens (including phenoxy) is 1. The Bertz CT molecular complexity index is 949. The summed E-state index contributed by atoms with van der Waals surface area (Å²) < 4.78 is 19.5. The normalized spacial score (nSPS) is 14.2. The quantitative estimate of drug-likeness (QED) is 0.727. The summed E-state index contributed by atoms with van der Waals surface area (Å²) in [6.07, 6.45) is 2.27. The maximum Gasteiger partial charge on any atom is 0.432 e. The van der Waals surface area contributed by atoms with Crippen molar-refractivity contribution in [2.75, 3.05) is 18.4 Å². The molecule has 1 fully saturated rings. The van der Waals surface area contributed by atoms with Gasteiger partial charge < -0.3 is 9.57 Å². The number of halogens is 1. The molecule has 3 aromatic rings. The molecule has 9 heteroatoms. The lowest BCUT2D eigenvalue weighted by Crippen LogP contribution is -2.54. The van der Waals surface area contributed by atoms with Crippen molar-refractivity contribution in [2.45, 2.75) is 6.10 Å². The highest BCUT2D eigenvalue weighted by molar-refractivity contribution is 5.82. The van der Waals surface area contributed by atoms with E-state index in [2.05, 4.69) is 20.5 Å². The second-order valence-electron chi connectivity index (χ2n) is 6.06. The molecule has 1 aromatic carbocycles. The zero-order chi connectivity index (χ0) is 19.3. The number of nitrogens with one attached hydrogen (secondary N) is 1. The van der Waals surface area contributed by atoms with Crippen molar-refractivity contribution in [2.24, 2.45) is 0 Å². The Hall–Kier alpha value is -3.59. The van der Waals surface area contributed by atoms with Gasteiger partial charge in [0.05, 0.1) is 13.1 Å². The number of anilines is 1. The molecule has 3 heterocycles. The highest BCUT2D eigenvalue weighted by Gasteiger charge is 2.32. The molecule has 8 nitrogen and oxygen atoms in total. The van der Waals surface area contributed by atoms with Crippen LogP contribution in [-0.2, 0) is 4.84 Å². The summed E-state index contributed by atoms with van der Waals surface area (Å²) in [5.74, 6) is 0.429. The first kappa shape index (κ1) is 17.8. The molecular formula is C19H16FN5O3. The molecule has 0 saturated carbocycles. The van der Waals surface area contributed by atoms with E-state index in [0.717, 1.165) is 0 Å². The number of rotatable bonds is 5. The van der Waals surface area contributed by atoms with E-state index in [1.54, 1.807) is 48.7 Å². The molecule has 2 aromatic heterocycles. The van der Waals surface area contributed by atoms with Crippen LogP contribution in [0.4, 0.5) is 15.0 Å². The van der Waals surface area contributed by atoms with E-state index < -0.39 is 6.09 Å². The van der Waals surface area contributed by atoms with Crippen molar-refractivity contribution >= 4 is 11.9 Å². The fourth-order valence-electron chi connectivity index (χ4n) is 2.64. The van der Waals surface area contributed by atoms with Crippen LogP contribution in [0.5, 0.6) is 5.88 Å². The van der Waals surface area contributed by atoms with E-state index in [1.807, 2.05) is 0 Å². The number of amides is 1. The number of pyridine rings is 1. The van der Waals surface area contributed by atoms with Gasteiger partial charge in [-0.1, -0.05) is 18.2 Å². The number of carbonyl (C=O) groups is 1. The molecule has 1 aliphatic rings. The first-order chi connectivity index (χ1) is 13.7. The molecule has 0 spiro atoms. The van der Waals surface area contributed by atoms with Crippen LogP contribution in [0.25, 0.3) is 11.1 Å². The Morgan fingerprint density at radius 1 is 1.14 bits per heavy atom. The summed E-state index contributed by atoms with van der Waals surface area (Å²) in [5, 5.41) is 11.3. The predicted octanol–water partition coefficient (Wildman–Crippen LogP) is 2.90. The lowest BCUT2D eigenvalue weighted by atomic mass is 10.1. The molecule has 0 radical (unpaired) electrons. The van der Waals surface area contributed by atoms with Crippen molar-refractivity contribution in [3.8, 4) is 17.0 Å². The van der Waals surface area contributed by atoms with Crippen LogP contribution in [0.2, 0.25) is 0 Å². The summed E-state index contributed by atoms with van der Waals surface area (Å²) in [6.45, 7) is 0.815. The fourth-order valence-corrected chi connectivity index (χ4v) is 2.64. The van der Waals surface area contributed by atoms with Gasteiger partial charge in [0.2, 0.25) is 5.88 Å². The van der Waals surface area contributed by atoms with Crippen molar-refractivity contribution in [1.29, 1.82) is 0 Å². The lowest BCUT2D eigenvalue weighted by molar-refractivity contribution is -0.181. The maximum absolute atomic E-state index is 13.8. The molecule has 4 rings (SSSR count). The number of aromatic nitrogens is 3. The van der Waals surface area contributed by atoms with Gasteiger partial charge in [0.15, 0.2) is 5.82 Å². The number of hydroxylamine groups is 2. The summed E-state index contributed by atoms with van der Waals surface area (Å²) >= 11 is 0. The Morgan fingerprint density at radius 3 is 2.71 bits per heavy atom. The predicted molar refractivity (Wildman–Crippen MR) is 97.8 cm³/mol. The van der Waals surface area contributed by atoms with Gasteiger partial charge in [-0.2, -0.15) is 5.10 Å². The summed E-state index contributed by atoms with van der Waals surface area (Å²) in [6, 6.07) is 13.2. The second-order valence-corrected chi connectivity index (χ2v) is 6.06. The van der Waals surface area contributed by atoms with E-state index in [4.69, 9.17) is 9.57 Å². The maximum atomic E-state index is 13.8. The third-order valence-corrected chi connectivity index (χ3v) is 4.04. The highest BCUT2D eigenvalue weighted by Crippen LogP contribution is 2.24. The number of hydrogen-bond acceptors (Lipinski definition) is 7. The summed E-state index contributed by atoms with van der Waals surface area (Å²) in [7, 11) is 0. The van der Waals surface area contributed by atoms with Crippen LogP contribution in [0.1, 0.15) is 0 Å². The molecule has 1 N–H and O–H groups in total. The molecular weight excluding hydrogens is 365 g/mol. The Morgan fingerprint density at radius 2 is 2.00 bits per heavy atom. The van der Waals surface area contributed by atoms with Crippen LogP contribution >= 0.6 is 0 Å². The Labute approximate surface area is 159 Å². The van der Waals surface area contributed by atoms with E-state index in [9.17, 15) is 9.18 Å². The van der Waals surface area contributed by atoms with Crippen LogP contribution < -0.4 is 10.1 Å². The van der Waals surface area contributed by atoms with Gasteiger partial charge in [0.1, 0.15) is 11.9 Å². The standard InChI is InChI=1S/C19H16FN5O3/c20-16-5-2-1-4-15(16)13-7-8-18(21-10-13)27-14-11-25(12-14)28-19(26)23-17-6-3-9-22-24-17/h1-10,14H,11-12H2,(H,23,24,26). The molecule has 1 saturated heterocycles. The van der Waals surface area contributed by atoms with Gasteiger partial charge in [0.25, 0.3) is 0 Å². The molecule has 0 bridgehead atoms. The van der Waals surface area contributed by atoms with Crippen LogP contribution in [0, 0.1) is 5.82 Å². The molecule has 0 atom stereocenters. The first-order valence-corrected chi connectivity index (χ1v) is 8.56. The van der Waals surface area contributed by atoms with Gasteiger partial charge >= 0.3 is 6.09 Å². The van der Waals surface area contributed by atoms with Crippen molar-refractivity contribution in [1.82, 2.24) is 20.2 Å². The van der Waals surface area contributed by atoms with Gasteiger partial charge in [0, 0.05) is 29.6 Å². The fraction of sp³-hybridized carbons (Fsp3) is 0.158. The largest absolute Gasteiger partial charge is 0.471 e. The van der Waals surface area contributed by atoms with Crippen LogP contribution in [-0.4, -0.2) is 45.5 Å². The van der Waals surface area contributed by atoms with Gasteiger partial charge in [-0.15, -0.1) is 10.2 Å². The number of nitrogens with zero attached hydrogens (tertiary/aromatic N) is 4. The summed E-state index contributed by atoms with van der Waals surface area (Å²) in [4.78, 5) is 21.1. The Balaban J connectivity index is 1.25. The average molecular weight is 381 g/mol.